The van der Waals surface area contributed by atoms with E-state index < -0.39 is 12.2 Å². The van der Waals surface area contributed by atoms with Crippen LogP contribution in [0.2, 0.25) is 0 Å². The van der Waals surface area contributed by atoms with E-state index in [0.717, 1.165) is 48.9 Å². The van der Waals surface area contributed by atoms with Crippen molar-refractivity contribution in [3.05, 3.63) is 41.7 Å². The molecule has 1 aromatic carbocycles. The van der Waals surface area contributed by atoms with Gasteiger partial charge in [0.25, 0.3) is 0 Å². The molecule has 0 saturated heterocycles. The van der Waals surface area contributed by atoms with Crippen LogP contribution in [0.1, 0.15) is 74.7 Å². The van der Waals surface area contributed by atoms with Crippen molar-refractivity contribution in [2.24, 2.45) is 17.4 Å². The Morgan fingerprint density at radius 1 is 0.909 bits per heavy atom. The van der Waals surface area contributed by atoms with Gasteiger partial charge in [-0.1, -0.05) is 62.4 Å². The molecule has 0 radical (unpaired) electrons. The van der Waals surface area contributed by atoms with Gasteiger partial charge in [-0.25, -0.2) is 9.59 Å². The molecule has 2 fully saturated rings. The number of nitrogens with zero attached hydrogens (tertiary/aromatic N) is 2. The highest BCUT2D eigenvalue weighted by atomic mass is 16.7. The number of aromatic nitrogens is 1. The highest BCUT2D eigenvalue weighted by Crippen LogP contribution is 2.54. The summed E-state index contributed by atoms with van der Waals surface area (Å²) in [5.74, 6) is 1.42. The van der Waals surface area contributed by atoms with Crippen molar-refractivity contribution in [2.45, 2.75) is 69.9 Å². The second-order valence-corrected chi connectivity index (χ2v) is 9.49. The van der Waals surface area contributed by atoms with Crippen LogP contribution in [-0.2, 0) is 11.4 Å². The number of benzene rings is 1. The minimum Gasteiger partial charge on any atom is -0.408 e. The SMILES string of the molecule is NC(=O)Oc1c(-c2ccccc2)c(C2CC2)n2c1C(CC1CCCCC1)N(OC(N)=O)CC2. The third kappa shape index (κ3) is 4.44. The molecule has 1 atom stereocenters. The van der Waals surface area contributed by atoms with Gasteiger partial charge in [0.15, 0.2) is 5.75 Å². The molecule has 2 aliphatic carbocycles. The first kappa shape index (κ1) is 21.8. The third-order valence-electron chi connectivity index (χ3n) is 7.22. The van der Waals surface area contributed by atoms with Crippen LogP contribution in [0.15, 0.2) is 30.3 Å². The highest BCUT2D eigenvalue weighted by molar-refractivity contribution is 5.81. The lowest BCUT2D eigenvalue weighted by Crippen LogP contribution is -2.42. The zero-order chi connectivity index (χ0) is 22.9. The number of fused-ring (bicyclic) bond motifs is 1. The Kier molecular flexibility index (Phi) is 6.01. The Morgan fingerprint density at radius 3 is 2.27 bits per heavy atom. The predicted octanol–water partition coefficient (Wildman–Crippen LogP) is 4.83. The standard InChI is InChI=1S/C25H32N4O4/c26-24(30)32-23-20(17-9-5-2-6-10-17)21(18-11-12-18)28-13-14-29(33-25(27)31)19(22(23)28)15-16-7-3-1-4-8-16/h2,5-6,9-10,16,18-19H,1,3-4,7-8,11-15H2,(H2,26,30)(H2,27,31). The Labute approximate surface area is 193 Å². The first-order valence-corrected chi connectivity index (χ1v) is 12.1. The molecule has 5 rings (SSSR count). The summed E-state index contributed by atoms with van der Waals surface area (Å²) in [4.78, 5) is 29.3. The van der Waals surface area contributed by atoms with Crippen LogP contribution in [0, 0.1) is 5.92 Å². The number of rotatable bonds is 6. The lowest BCUT2D eigenvalue weighted by atomic mass is 9.83. The lowest BCUT2D eigenvalue weighted by molar-refractivity contribution is -0.148. The molecule has 3 aliphatic rings. The van der Waals surface area contributed by atoms with Gasteiger partial charge in [-0.05, 0) is 30.7 Å². The summed E-state index contributed by atoms with van der Waals surface area (Å²) in [6.45, 7) is 1.16. The summed E-state index contributed by atoms with van der Waals surface area (Å²) in [6, 6.07) is 9.76. The average molecular weight is 453 g/mol. The molecule has 2 amide bonds. The van der Waals surface area contributed by atoms with Gasteiger partial charge in [0.1, 0.15) is 0 Å². The maximum atomic E-state index is 12.1. The van der Waals surface area contributed by atoms with Crippen molar-refractivity contribution in [3.63, 3.8) is 0 Å². The van der Waals surface area contributed by atoms with Gasteiger partial charge in [-0.2, -0.15) is 0 Å². The summed E-state index contributed by atoms with van der Waals surface area (Å²) >= 11 is 0. The van der Waals surface area contributed by atoms with Crippen LogP contribution in [0.4, 0.5) is 9.59 Å². The Balaban J connectivity index is 1.67. The zero-order valence-electron chi connectivity index (χ0n) is 18.9. The van der Waals surface area contributed by atoms with Crippen molar-refractivity contribution >= 4 is 12.2 Å². The number of ether oxygens (including phenoxy) is 1. The molecule has 0 bridgehead atoms. The molecule has 1 aliphatic heterocycles. The monoisotopic (exact) mass is 452 g/mol. The van der Waals surface area contributed by atoms with Crippen LogP contribution in [0.5, 0.6) is 5.75 Å². The summed E-state index contributed by atoms with van der Waals surface area (Å²) in [5, 5.41) is 1.69. The van der Waals surface area contributed by atoms with Gasteiger partial charge in [0.2, 0.25) is 0 Å². The van der Waals surface area contributed by atoms with E-state index in [1.54, 1.807) is 5.06 Å². The Morgan fingerprint density at radius 2 is 1.64 bits per heavy atom. The van der Waals surface area contributed by atoms with Crippen molar-refractivity contribution in [1.82, 2.24) is 9.63 Å². The lowest BCUT2D eigenvalue weighted by Gasteiger charge is -2.38. The molecular formula is C25H32N4O4. The van der Waals surface area contributed by atoms with Crippen molar-refractivity contribution in [3.8, 4) is 16.9 Å². The zero-order valence-corrected chi connectivity index (χ0v) is 18.9. The summed E-state index contributed by atoms with van der Waals surface area (Å²) in [7, 11) is 0. The molecule has 0 spiro atoms. The molecule has 176 valence electrons. The molecule has 2 saturated carbocycles. The van der Waals surface area contributed by atoms with Crippen molar-refractivity contribution < 1.29 is 19.2 Å². The molecule has 33 heavy (non-hydrogen) atoms. The van der Waals surface area contributed by atoms with E-state index in [1.807, 2.05) is 30.3 Å². The smallest absolute Gasteiger partial charge is 0.408 e. The second-order valence-electron chi connectivity index (χ2n) is 9.49. The summed E-state index contributed by atoms with van der Waals surface area (Å²) in [5.41, 5.74) is 15.0. The number of carbonyl (C=O) groups is 2. The quantitative estimate of drug-likeness (QED) is 0.652. The van der Waals surface area contributed by atoms with E-state index in [-0.39, 0.29) is 6.04 Å². The van der Waals surface area contributed by atoms with E-state index in [0.29, 0.717) is 30.7 Å². The number of hydrogen-bond donors (Lipinski definition) is 2. The van der Waals surface area contributed by atoms with Crippen LogP contribution in [0.3, 0.4) is 0 Å². The van der Waals surface area contributed by atoms with Crippen LogP contribution < -0.4 is 16.2 Å². The van der Waals surface area contributed by atoms with E-state index in [2.05, 4.69) is 4.57 Å². The summed E-state index contributed by atoms with van der Waals surface area (Å²) < 4.78 is 8.05. The van der Waals surface area contributed by atoms with Crippen molar-refractivity contribution in [2.75, 3.05) is 6.54 Å². The van der Waals surface area contributed by atoms with Crippen LogP contribution in [0.25, 0.3) is 11.1 Å². The number of hydrogen-bond acceptors (Lipinski definition) is 5. The molecule has 2 heterocycles. The fraction of sp³-hybridized carbons (Fsp3) is 0.520. The number of hydroxylamine groups is 2. The minimum atomic E-state index is -0.840. The predicted molar refractivity (Wildman–Crippen MR) is 123 cm³/mol. The van der Waals surface area contributed by atoms with Gasteiger partial charge >= 0.3 is 12.2 Å². The third-order valence-corrected chi connectivity index (χ3v) is 7.22. The molecule has 8 heteroatoms. The number of nitrogens with two attached hydrogens (primary N) is 2. The molecule has 4 N–H and O–H groups in total. The summed E-state index contributed by atoms with van der Waals surface area (Å²) in [6.07, 6.45) is 7.33. The van der Waals surface area contributed by atoms with E-state index in [1.165, 1.54) is 25.0 Å². The maximum Gasteiger partial charge on any atom is 0.423 e. The number of amides is 2. The molecular weight excluding hydrogens is 420 g/mol. The van der Waals surface area contributed by atoms with Gasteiger partial charge in [-0.15, -0.1) is 5.06 Å². The Hall–Kier alpha value is -3.00. The minimum absolute atomic E-state index is 0.251. The fourth-order valence-electron chi connectivity index (χ4n) is 5.76. The molecule has 1 aromatic heterocycles. The highest BCUT2D eigenvalue weighted by Gasteiger charge is 2.43. The molecule has 2 aromatic rings. The van der Waals surface area contributed by atoms with E-state index in [4.69, 9.17) is 21.0 Å². The molecule has 1 unspecified atom stereocenters. The second kappa shape index (κ2) is 9.09. The normalized spacial score (nSPS) is 21.4. The van der Waals surface area contributed by atoms with Crippen LogP contribution in [-0.4, -0.2) is 28.4 Å². The van der Waals surface area contributed by atoms with Gasteiger partial charge in [0.05, 0.1) is 18.3 Å². The van der Waals surface area contributed by atoms with Gasteiger partial charge in [0, 0.05) is 23.7 Å². The Bertz CT molecular complexity index is 1020. The first-order chi connectivity index (χ1) is 16.0. The number of primary amides is 2. The topological polar surface area (TPSA) is 113 Å². The fourth-order valence-corrected chi connectivity index (χ4v) is 5.76. The van der Waals surface area contributed by atoms with Gasteiger partial charge < -0.3 is 25.6 Å². The largest absolute Gasteiger partial charge is 0.423 e. The number of carbonyl (C=O) groups excluding carboxylic acids is 2. The van der Waals surface area contributed by atoms with Crippen molar-refractivity contribution in [1.29, 1.82) is 0 Å². The van der Waals surface area contributed by atoms with Gasteiger partial charge in [-0.3, -0.25) is 0 Å². The molecule has 8 nitrogen and oxygen atoms in total. The maximum absolute atomic E-state index is 12.1. The van der Waals surface area contributed by atoms with Crippen LogP contribution >= 0.6 is 0 Å². The average Bonchev–Trinajstić information content (AvgIpc) is 3.59. The first-order valence-electron chi connectivity index (χ1n) is 12.1. The van der Waals surface area contributed by atoms with E-state index in [9.17, 15) is 9.59 Å². The van der Waals surface area contributed by atoms with E-state index >= 15 is 0 Å².